The molecule has 0 spiro atoms. The van der Waals surface area contributed by atoms with Crippen molar-refractivity contribution in [1.29, 1.82) is 0 Å². The van der Waals surface area contributed by atoms with Gasteiger partial charge in [-0.3, -0.25) is 4.90 Å². The Morgan fingerprint density at radius 3 is 2.69 bits per heavy atom. The van der Waals surface area contributed by atoms with Crippen LogP contribution >= 0.6 is 12.4 Å². The summed E-state index contributed by atoms with van der Waals surface area (Å²) in [5, 5.41) is 3.24. The Kier molecular flexibility index (Phi) is 3.55. The molecule has 78 valence electrons. The number of hydrogen-bond donors (Lipinski definition) is 1. The lowest BCUT2D eigenvalue weighted by Gasteiger charge is -2.17. The predicted molar refractivity (Wildman–Crippen MR) is 54.2 cm³/mol. The Balaban J connectivity index is 0.000000845. The Morgan fingerprint density at radius 2 is 2.23 bits per heavy atom. The van der Waals surface area contributed by atoms with Crippen LogP contribution in [0.25, 0.3) is 0 Å². The van der Waals surface area contributed by atoms with Crippen LogP contribution in [0.3, 0.4) is 0 Å². The fourth-order valence-electron chi connectivity index (χ4n) is 1.91. The van der Waals surface area contributed by atoms with E-state index in [1.54, 1.807) is 0 Å². The molecule has 1 saturated carbocycles. The second-order valence-corrected chi connectivity index (χ2v) is 4.16. The first-order valence-electron chi connectivity index (χ1n) is 4.80. The maximum atomic E-state index is 13.3. The number of rotatable bonds is 3. The molecule has 1 unspecified atom stereocenters. The van der Waals surface area contributed by atoms with Crippen LogP contribution in [0.15, 0.2) is 0 Å². The van der Waals surface area contributed by atoms with E-state index in [0.717, 1.165) is 25.9 Å². The first-order chi connectivity index (χ1) is 5.72. The van der Waals surface area contributed by atoms with Gasteiger partial charge in [0.1, 0.15) is 5.67 Å². The zero-order chi connectivity index (χ0) is 8.60. The number of alkyl halides is 1. The number of nitrogens with zero attached hydrogens (tertiary/aromatic N) is 1. The van der Waals surface area contributed by atoms with Crippen LogP contribution < -0.4 is 5.32 Å². The van der Waals surface area contributed by atoms with E-state index in [0.29, 0.717) is 12.6 Å². The molecular weight excluding hydrogens is 191 g/mol. The van der Waals surface area contributed by atoms with Crippen LogP contribution in [0, 0.1) is 0 Å². The Morgan fingerprint density at radius 1 is 1.54 bits per heavy atom. The number of hydrogen-bond acceptors (Lipinski definition) is 2. The molecule has 0 aromatic heterocycles. The lowest BCUT2D eigenvalue weighted by molar-refractivity contribution is 0.200. The molecule has 2 fully saturated rings. The SMILES string of the molecule is CNC1CCN(CC2(F)CC2)C1.Cl. The lowest BCUT2D eigenvalue weighted by Crippen LogP contribution is -2.33. The van der Waals surface area contributed by atoms with Gasteiger partial charge in [0, 0.05) is 19.1 Å². The highest BCUT2D eigenvalue weighted by molar-refractivity contribution is 5.85. The summed E-state index contributed by atoms with van der Waals surface area (Å²) in [6.45, 7) is 2.77. The molecule has 0 bridgehead atoms. The summed E-state index contributed by atoms with van der Waals surface area (Å²) in [5.41, 5.74) is -0.803. The van der Waals surface area contributed by atoms with Gasteiger partial charge in [0.25, 0.3) is 0 Å². The highest BCUT2D eigenvalue weighted by Gasteiger charge is 2.45. The van der Waals surface area contributed by atoms with Crippen molar-refractivity contribution >= 4 is 12.4 Å². The third kappa shape index (κ3) is 2.79. The molecule has 0 aromatic carbocycles. The highest BCUT2D eigenvalue weighted by atomic mass is 35.5. The zero-order valence-corrected chi connectivity index (χ0v) is 8.87. The molecule has 1 aliphatic carbocycles. The second-order valence-electron chi connectivity index (χ2n) is 4.16. The summed E-state index contributed by atoms with van der Waals surface area (Å²) in [7, 11) is 1.98. The second kappa shape index (κ2) is 4.11. The Hall–Kier alpha value is 0.140. The predicted octanol–water partition coefficient (Wildman–Crippen LogP) is 1.20. The topological polar surface area (TPSA) is 15.3 Å². The summed E-state index contributed by atoms with van der Waals surface area (Å²) >= 11 is 0. The van der Waals surface area contributed by atoms with Gasteiger partial charge in [-0.1, -0.05) is 0 Å². The molecule has 13 heavy (non-hydrogen) atoms. The van der Waals surface area contributed by atoms with Gasteiger partial charge in [-0.25, -0.2) is 4.39 Å². The van der Waals surface area contributed by atoms with E-state index in [1.165, 1.54) is 6.42 Å². The molecular formula is C9H18ClFN2. The first-order valence-corrected chi connectivity index (χ1v) is 4.80. The normalized spacial score (nSPS) is 31.4. The van der Waals surface area contributed by atoms with Crippen molar-refractivity contribution in [2.75, 3.05) is 26.7 Å². The minimum absolute atomic E-state index is 0. The van der Waals surface area contributed by atoms with Crippen molar-refractivity contribution in [3.8, 4) is 0 Å². The van der Waals surface area contributed by atoms with Gasteiger partial charge in [-0.2, -0.15) is 0 Å². The number of likely N-dealkylation sites (tertiary alicyclic amines) is 1. The van der Waals surface area contributed by atoms with E-state index < -0.39 is 5.67 Å². The van der Waals surface area contributed by atoms with Gasteiger partial charge in [-0.15, -0.1) is 12.4 Å². The van der Waals surface area contributed by atoms with E-state index in [-0.39, 0.29) is 12.4 Å². The zero-order valence-electron chi connectivity index (χ0n) is 8.05. The molecule has 1 aliphatic heterocycles. The summed E-state index contributed by atoms with van der Waals surface area (Å²) in [6, 6.07) is 0.590. The van der Waals surface area contributed by atoms with Gasteiger partial charge < -0.3 is 5.32 Å². The van der Waals surface area contributed by atoms with E-state index in [4.69, 9.17) is 0 Å². The summed E-state index contributed by atoms with van der Waals surface area (Å²) in [5.74, 6) is 0. The summed E-state index contributed by atoms with van der Waals surface area (Å²) < 4.78 is 13.3. The van der Waals surface area contributed by atoms with Crippen LogP contribution in [0.5, 0.6) is 0 Å². The standard InChI is InChI=1S/C9H17FN2.ClH/c1-11-8-2-5-12(6-8)7-9(10)3-4-9;/h8,11H,2-7H2,1H3;1H. The molecule has 2 aliphatic rings. The quantitative estimate of drug-likeness (QED) is 0.750. The van der Waals surface area contributed by atoms with Crippen molar-refractivity contribution in [2.45, 2.75) is 31.0 Å². The molecule has 1 saturated heterocycles. The maximum Gasteiger partial charge on any atom is 0.123 e. The van der Waals surface area contributed by atoms with Gasteiger partial charge >= 0.3 is 0 Å². The van der Waals surface area contributed by atoms with Crippen LogP contribution in [0.1, 0.15) is 19.3 Å². The van der Waals surface area contributed by atoms with Crippen molar-refractivity contribution in [1.82, 2.24) is 10.2 Å². The number of likely N-dealkylation sites (N-methyl/N-ethyl adjacent to an activating group) is 1. The molecule has 2 rings (SSSR count). The number of halogens is 2. The molecule has 1 N–H and O–H groups in total. The molecule has 4 heteroatoms. The van der Waals surface area contributed by atoms with Crippen LogP contribution in [-0.4, -0.2) is 43.3 Å². The maximum absolute atomic E-state index is 13.3. The van der Waals surface area contributed by atoms with Crippen molar-refractivity contribution in [2.24, 2.45) is 0 Å². The third-order valence-electron chi connectivity index (χ3n) is 2.98. The van der Waals surface area contributed by atoms with Crippen molar-refractivity contribution in [3.63, 3.8) is 0 Å². The molecule has 1 atom stereocenters. The fourth-order valence-corrected chi connectivity index (χ4v) is 1.91. The molecule has 0 amide bonds. The monoisotopic (exact) mass is 208 g/mol. The Labute approximate surface area is 85.3 Å². The lowest BCUT2D eigenvalue weighted by atomic mass is 10.3. The Bertz CT molecular complexity index is 173. The minimum atomic E-state index is -0.803. The number of nitrogens with one attached hydrogen (secondary N) is 1. The molecule has 1 heterocycles. The molecule has 0 aromatic rings. The average molecular weight is 209 g/mol. The van der Waals surface area contributed by atoms with E-state index in [1.807, 2.05) is 7.05 Å². The van der Waals surface area contributed by atoms with E-state index in [9.17, 15) is 4.39 Å². The van der Waals surface area contributed by atoms with Crippen LogP contribution in [-0.2, 0) is 0 Å². The van der Waals surface area contributed by atoms with Gasteiger partial charge in [-0.05, 0) is 32.9 Å². The van der Waals surface area contributed by atoms with Crippen molar-refractivity contribution < 1.29 is 4.39 Å². The molecule has 0 radical (unpaired) electrons. The average Bonchev–Trinajstić information content (AvgIpc) is 2.63. The first kappa shape index (κ1) is 11.2. The highest BCUT2D eigenvalue weighted by Crippen LogP contribution is 2.40. The summed E-state index contributed by atoms with van der Waals surface area (Å²) in [4.78, 5) is 2.24. The van der Waals surface area contributed by atoms with Crippen LogP contribution in [0.4, 0.5) is 4.39 Å². The van der Waals surface area contributed by atoms with Gasteiger partial charge in [0.2, 0.25) is 0 Å². The van der Waals surface area contributed by atoms with Crippen molar-refractivity contribution in [3.05, 3.63) is 0 Å². The fraction of sp³-hybridized carbons (Fsp3) is 1.00. The van der Waals surface area contributed by atoms with E-state index >= 15 is 0 Å². The van der Waals surface area contributed by atoms with Gasteiger partial charge in [0.15, 0.2) is 0 Å². The van der Waals surface area contributed by atoms with Crippen LogP contribution in [0.2, 0.25) is 0 Å². The van der Waals surface area contributed by atoms with E-state index in [2.05, 4.69) is 10.2 Å². The third-order valence-corrected chi connectivity index (χ3v) is 2.98. The summed E-state index contributed by atoms with van der Waals surface area (Å²) in [6.07, 6.45) is 2.74. The van der Waals surface area contributed by atoms with Gasteiger partial charge in [0.05, 0.1) is 0 Å². The largest absolute Gasteiger partial charge is 0.316 e. The minimum Gasteiger partial charge on any atom is -0.316 e. The molecule has 2 nitrogen and oxygen atoms in total. The smallest absolute Gasteiger partial charge is 0.123 e.